The van der Waals surface area contributed by atoms with Crippen LogP contribution in [0.15, 0.2) is 27.8 Å². The first kappa shape index (κ1) is 11.1. The Morgan fingerprint density at radius 1 is 1.38 bits per heavy atom. The lowest BCUT2D eigenvalue weighted by Gasteiger charge is -2.01. The van der Waals surface area contributed by atoms with Crippen LogP contribution >= 0.6 is 11.8 Å². The summed E-state index contributed by atoms with van der Waals surface area (Å²) in [7, 11) is 0. The van der Waals surface area contributed by atoms with Gasteiger partial charge in [0.1, 0.15) is 5.52 Å². The molecule has 2 N–H and O–H groups in total. The molecule has 86 valence electrons. The summed E-state index contributed by atoms with van der Waals surface area (Å²) in [6, 6.07) is 4.73. The van der Waals surface area contributed by atoms with Gasteiger partial charge in [0, 0.05) is 5.69 Å². The number of aromatic nitrogens is 1. The van der Waals surface area contributed by atoms with Gasteiger partial charge in [0.2, 0.25) is 0 Å². The van der Waals surface area contributed by atoms with Crippen molar-refractivity contribution in [2.75, 3.05) is 11.5 Å². The zero-order valence-corrected chi connectivity index (χ0v) is 8.73. The summed E-state index contributed by atoms with van der Waals surface area (Å²) < 4.78 is 41.0. The number of nitrogens with two attached hydrogens (primary N) is 1. The average Bonchev–Trinajstić information content (AvgIpc) is 2.55. The van der Waals surface area contributed by atoms with Crippen molar-refractivity contribution in [3.8, 4) is 0 Å². The largest absolute Gasteiger partial charge is 0.431 e. The molecular formula is C9H7F3N2OS. The van der Waals surface area contributed by atoms with E-state index in [1.165, 1.54) is 0 Å². The van der Waals surface area contributed by atoms with Crippen molar-refractivity contribution in [3.05, 3.63) is 18.2 Å². The van der Waals surface area contributed by atoms with Crippen LogP contribution < -0.4 is 5.73 Å². The Bertz CT molecular complexity index is 509. The van der Waals surface area contributed by atoms with Gasteiger partial charge in [0.05, 0.1) is 5.75 Å². The number of oxazole rings is 1. The number of alkyl halides is 3. The number of fused-ring (bicyclic) bond motifs is 1. The van der Waals surface area contributed by atoms with Crippen LogP contribution in [0.25, 0.3) is 11.1 Å². The van der Waals surface area contributed by atoms with Crippen molar-refractivity contribution in [1.29, 1.82) is 0 Å². The average molecular weight is 248 g/mol. The van der Waals surface area contributed by atoms with Gasteiger partial charge in [0.15, 0.2) is 5.58 Å². The smallest absolute Gasteiger partial charge is 0.398 e. The van der Waals surface area contributed by atoms with Crippen LogP contribution in [-0.4, -0.2) is 16.9 Å². The number of benzene rings is 1. The molecule has 0 radical (unpaired) electrons. The Morgan fingerprint density at radius 3 is 2.81 bits per heavy atom. The third-order valence-electron chi connectivity index (χ3n) is 1.75. The van der Waals surface area contributed by atoms with E-state index in [1.54, 1.807) is 18.2 Å². The number of thioether (sulfide) groups is 1. The van der Waals surface area contributed by atoms with E-state index in [1.807, 2.05) is 0 Å². The first-order valence-electron chi connectivity index (χ1n) is 4.30. The number of hydrogen-bond acceptors (Lipinski definition) is 4. The Hall–Kier alpha value is -1.37. The predicted octanol–water partition coefficient (Wildman–Crippen LogP) is 3.06. The molecule has 16 heavy (non-hydrogen) atoms. The van der Waals surface area contributed by atoms with E-state index in [4.69, 9.17) is 10.2 Å². The van der Waals surface area contributed by atoms with Gasteiger partial charge in [-0.05, 0) is 18.2 Å². The summed E-state index contributed by atoms with van der Waals surface area (Å²) in [5, 5.41) is -0.00192. The lowest BCUT2D eigenvalue weighted by molar-refractivity contribution is -0.105. The number of halogens is 3. The van der Waals surface area contributed by atoms with Crippen LogP contribution in [0.3, 0.4) is 0 Å². The molecule has 1 heterocycles. The number of hydrogen-bond donors (Lipinski definition) is 1. The quantitative estimate of drug-likeness (QED) is 0.655. The number of nitrogen functional groups attached to an aromatic ring is 1. The SMILES string of the molecule is Nc1ccc2oc(SCC(F)(F)F)nc2c1. The van der Waals surface area contributed by atoms with Crippen LogP contribution in [0.5, 0.6) is 0 Å². The minimum absolute atomic E-state index is 0.00192. The molecule has 0 aliphatic carbocycles. The highest BCUT2D eigenvalue weighted by molar-refractivity contribution is 7.99. The Labute approximate surface area is 92.8 Å². The molecule has 0 spiro atoms. The van der Waals surface area contributed by atoms with E-state index in [0.29, 0.717) is 28.5 Å². The number of anilines is 1. The van der Waals surface area contributed by atoms with Gasteiger partial charge < -0.3 is 10.2 Å². The predicted molar refractivity (Wildman–Crippen MR) is 55.2 cm³/mol. The number of rotatable bonds is 2. The molecule has 0 aliphatic heterocycles. The second-order valence-electron chi connectivity index (χ2n) is 3.11. The fourth-order valence-electron chi connectivity index (χ4n) is 1.13. The Kier molecular flexibility index (Phi) is 2.71. The third-order valence-corrected chi connectivity index (χ3v) is 2.64. The molecule has 2 rings (SSSR count). The van der Waals surface area contributed by atoms with Crippen LogP contribution in [0.1, 0.15) is 0 Å². The molecule has 0 amide bonds. The van der Waals surface area contributed by atoms with Crippen LogP contribution in [0.4, 0.5) is 18.9 Å². The standard InChI is InChI=1S/C9H7F3N2OS/c10-9(11,12)4-16-8-14-6-3-5(13)1-2-7(6)15-8/h1-3H,4,13H2. The minimum Gasteiger partial charge on any atom is -0.431 e. The minimum atomic E-state index is -4.23. The van der Waals surface area contributed by atoms with Crippen LogP contribution in [0.2, 0.25) is 0 Å². The van der Waals surface area contributed by atoms with E-state index in [-0.39, 0.29) is 5.22 Å². The molecule has 0 saturated carbocycles. The summed E-state index contributed by atoms with van der Waals surface area (Å²) in [5.41, 5.74) is 6.89. The fraction of sp³-hybridized carbons (Fsp3) is 0.222. The maximum absolute atomic E-state index is 12.0. The first-order valence-corrected chi connectivity index (χ1v) is 5.28. The molecule has 1 aromatic heterocycles. The van der Waals surface area contributed by atoms with Gasteiger partial charge in [-0.15, -0.1) is 0 Å². The van der Waals surface area contributed by atoms with Gasteiger partial charge in [-0.3, -0.25) is 0 Å². The van der Waals surface area contributed by atoms with Crippen molar-refractivity contribution in [2.45, 2.75) is 11.4 Å². The maximum atomic E-state index is 12.0. The summed E-state index contributed by atoms with van der Waals surface area (Å²) in [6.07, 6.45) is -4.23. The fourth-order valence-corrected chi connectivity index (χ4v) is 1.73. The van der Waals surface area contributed by atoms with E-state index < -0.39 is 11.9 Å². The summed E-state index contributed by atoms with van der Waals surface area (Å²) >= 11 is 0.515. The summed E-state index contributed by atoms with van der Waals surface area (Å²) in [5.74, 6) is -1.02. The molecule has 1 aromatic carbocycles. The van der Waals surface area contributed by atoms with Gasteiger partial charge in [-0.25, -0.2) is 4.98 Å². The Balaban J connectivity index is 2.20. The van der Waals surface area contributed by atoms with Crippen LogP contribution in [0, 0.1) is 0 Å². The van der Waals surface area contributed by atoms with E-state index in [0.717, 1.165) is 0 Å². The monoisotopic (exact) mass is 248 g/mol. The number of nitrogens with zero attached hydrogens (tertiary/aromatic N) is 1. The van der Waals surface area contributed by atoms with Gasteiger partial charge in [0.25, 0.3) is 5.22 Å². The van der Waals surface area contributed by atoms with Crippen LogP contribution in [-0.2, 0) is 0 Å². The molecule has 2 aromatic rings. The molecule has 0 fully saturated rings. The first-order chi connectivity index (χ1) is 7.44. The van der Waals surface area contributed by atoms with Gasteiger partial charge >= 0.3 is 6.18 Å². The lowest BCUT2D eigenvalue weighted by Crippen LogP contribution is -2.10. The van der Waals surface area contributed by atoms with E-state index in [2.05, 4.69) is 4.98 Å². The molecule has 0 aliphatic rings. The van der Waals surface area contributed by atoms with Crippen molar-refractivity contribution in [3.63, 3.8) is 0 Å². The topological polar surface area (TPSA) is 52.0 Å². The second kappa shape index (κ2) is 3.89. The summed E-state index contributed by atoms with van der Waals surface area (Å²) in [4.78, 5) is 3.89. The van der Waals surface area contributed by atoms with E-state index in [9.17, 15) is 13.2 Å². The molecular weight excluding hydrogens is 241 g/mol. The molecule has 0 saturated heterocycles. The van der Waals surface area contributed by atoms with E-state index >= 15 is 0 Å². The highest BCUT2D eigenvalue weighted by atomic mass is 32.2. The zero-order valence-electron chi connectivity index (χ0n) is 7.91. The molecule has 3 nitrogen and oxygen atoms in total. The van der Waals surface area contributed by atoms with Crippen molar-refractivity contribution in [1.82, 2.24) is 4.98 Å². The maximum Gasteiger partial charge on any atom is 0.398 e. The second-order valence-corrected chi connectivity index (χ2v) is 4.04. The normalized spacial score (nSPS) is 12.2. The highest BCUT2D eigenvalue weighted by Gasteiger charge is 2.28. The van der Waals surface area contributed by atoms with Crippen molar-refractivity contribution >= 4 is 28.5 Å². The molecule has 0 atom stereocenters. The lowest BCUT2D eigenvalue weighted by atomic mass is 10.3. The Morgan fingerprint density at radius 2 is 2.12 bits per heavy atom. The van der Waals surface area contributed by atoms with Crippen molar-refractivity contribution < 1.29 is 17.6 Å². The summed E-state index contributed by atoms with van der Waals surface area (Å²) in [6.45, 7) is 0. The highest BCUT2D eigenvalue weighted by Crippen LogP contribution is 2.29. The molecule has 0 bridgehead atoms. The van der Waals surface area contributed by atoms with Gasteiger partial charge in [-0.2, -0.15) is 13.2 Å². The zero-order chi connectivity index (χ0) is 11.8. The molecule has 0 unspecified atom stereocenters. The molecule has 7 heteroatoms. The van der Waals surface area contributed by atoms with Crippen molar-refractivity contribution in [2.24, 2.45) is 0 Å². The third kappa shape index (κ3) is 2.60. The van der Waals surface area contributed by atoms with Gasteiger partial charge in [-0.1, -0.05) is 11.8 Å².